The number of thiazole rings is 1. The van der Waals surface area contributed by atoms with E-state index in [1.54, 1.807) is 19.2 Å². The summed E-state index contributed by atoms with van der Waals surface area (Å²) in [7, 11) is 0. The SMILES string of the molecule is CCOC(=O)C1=C(CN2CC(F)C(/C=C/C=O)C2)NC(c2nccs2)=NC1. The fourth-order valence-corrected chi connectivity index (χ4v) is 3.70. The number of halogens is 1. The van der Waals surface area contributed by atoms with Crippen LogP contribution in [0.25, 0.3) is 0 Å². The van der Waals surface area contributed by atoms with E-state index in [4.69, 9.17) is 4.74 Å². The highest BCUT2D eigenvalue weighted by atomic mass is 32.1. The molecule has 0 radical (unpaired) electrons. The summed E-state index contributed by atoms with van der Waals surface area (Å²) in [6.07, 6.45) is 4.21. The van der Waals surface area contributed by atoms with E-state index in [0.717, 1.165) is 5.01 Å². The van der Waals surface area contributed by atoms with Crippen LogP contribution >= 0.6 is 11.3 Å². The zero-order chi connectivity index (χ0) is 19.2. The van der Waals surface area contributed by atoms with Crippen LogP contribution in [-0.4, -0.2) is 66.9 Å². The molecule has 2 aliphatic heterocycles. The molecule has 3 heterocycles. The molecule has 0 saturated carbocycles. The van der Waals surface area contributed by atoms with Gasteiger partial charge in [-0.2, -0.15) is 0 Å². The van der Waals surface area contributed by atoms with Gasteiger partial charge in [0.15, 0.2) is 10.8 Å². The van der Waals surface area contributed by atoms with Crippen molar-refractivity contribution in [1.82, 2.24) is 15.2 Å². The lowest BCUT2D eigenvalue weighted by molar-refractivity contribution is -0.138. The summed E-state index contributed by atoms with van der Waals surface area (Å²) < 4.78 is 19.4. The monoisotopic (exact) mass is 392 g/mol. The molecule has 1 aromatic rings. The smallest absolute Gasteiger partial charge is 0.337 e. The van der Waals surface area contributed by atoms with Gasteiger partial charge in [-0.1, -0.05) is 6.08 Å². The molecule has 0 aliphatic carbocycles. The van der Waals surface area contributed by atoms with E-state index >= 15 is 0 Å². The summed E-state index contributed by atoms with van der Waals surface area (Å²) in [6.45, 7) is 3.28. The molecule has 0 aromatic carbocycles. The van der Waals surface area contributed by atoms with Crippen LogP contribution < -0.4 is 5.32 Å². The molecule has 3 rings (SSSR count). The Morgan fingerprint density at radius 3 is 3.07 bits per heavy atom. The zero-order valence-electron chi connectivity index (χ0n) is 14.9. The van der Waals surface area contributed by atoms with Gasteiger partial charge in [-0.15, -0.1) is 11.3 Å². The van der Waals surface area contributed by atoms with Crippen LogP contribution in [0.3, 0.4) is 0 Å². The van der Waals surface area contributed by atoms with Gasteiger partial charge in [-0.05, 0) is 13.0 Å². The molecule has 27 heavy (non-hydrogen) atoms. The van der Waals surface area contributed by atoms with Crippen molar-refractivity contribution >= 4 is 29.4 Å². The number of rotatable bonds is 7. The molecule has 144 valence electrons. The van der Waals surface area contributed by atoms with Crippen molar-refractivity contribution in [3.8, 4) is 0 Å². The van der Waals surface area contributed by atoms with Crippen molar-refractivity contribution in [3.05, 3.63) is 40.0 Å². The topological polar surface area (TPSA) is 83.9 Å². The van der Waals surface area contributed by atoms with Crippen LogP contribution in [0, 0.1) is 5.92 Å². The second-order valence-corrected chi connectivity index (χ2v) is 7.09. The summed E-state index contributed by atoms with van der Waals surface area (Å²) in [6, 6.07) is 0. The predicted octanol–water partition coefficient (Wildman–Crippen LogP) is 1.34. The molecule has 1 saturated heterocycles. The lowest BCUT2D eigenvalue weighted by Gasteiger charge is -2.24. The van der Waals surface area contributed by atoms with Gasteiger partial charge >= 0.3 is 5.97 Å². The van der Waals surface area contributed by atoms with Gasteiger partial charge in [-0.3, -0.25) is 14.7 Å². The van der Waals surface area contributed by atoms with Crippen molar-refractivity contribution in [1.29, 1.82) is 0 Å². The zero-order valence-corrected chi connectivity index (χ0v) is 15.7. The number of ether oxygens (including phenoxy) is 1. The average molecular weight is 392 g/mol. The van der Waals surface area contributed by atoms with Gasteiger partial charge in [0.1, 0.15) is 12.5 Å². The first-order chi connectivity index (χ1) is 13.1. The molecule has 2 unspecified atom stereocenters. The number of aromatic nitrogens is 1. The van der Waals surface area contributed by atoms with Crippen molar-refractivity contribution in [2.75, 3.05) is 32.8 Å². The van der Waals surface area contributed by atoms with E-state index < -0.39 is 12.1 Å². The number of alkyl halides is 1. The Hall–Kier alpha value is -2.39. The number of allylic oxidation sites excluding steroid dienone is 1. The molecule has 0 bridgehead atoms. The molecular weight excluding hydrogens is 371 g/mol. The maximum Gasteiger partial charge on any atom is 0.337 e. The number of aldehydes is 1. The Labute approximate surface area is 160 Å². The van der Waals surface area contributed by atoms with Gasteiger partial charge in [-0.25, -0.2) is 14.2 Å². The van der Waals surface area contributed by atoms with Crippen molar-refractivity contribution in [3.63, 3.8) is 0 Å². The molecule has 7 nitrogen and oxygen atoms in total. The Kier molecular flexibility index (Phi) is 6.46. The highest BCUT2D eigenvalue weighted by molar-refractivity contribution is 7.11. The Balaban J connectivity index is 1.76. The minimum atomic E-state index is -1.05. The van der Waals surface area contributed by atoms with Crippen LogP contribution in [0.15, 0.2) is 40.0 Å². The number of hydrogen-bond acceptors (Lipinski definition) is 8. The number of hydrogen-bond donors (Lipinski definition) is 1. The largest absolute Gasteiger partial charge is 0.463 e. The summed E-state index contributed by atoms with van der Waals surface area (Å²) in [4.78, 5) is 33.3. The highest BCUT2D eigenvalue weighted by Crippen LogP contribution is 2.23. The first-order valence-corrected chi connectivity index (χ1v) is 9.59. The summed E-state index contributed by atoms with van der Waals surface area (Å²) >= 11 is 1.45. The standard InChI is InChI=1S/C18H21FN4O3S/c1-2-26-18(25)13-8-21-16(17-20-5-7-27-17)22-15(13)11-23-9-12(4-3-6-24)14(19)10-23/h3-7,12,14H,2,8-11H2,1H3,(H,21,22)/b4-3+. The van der Waals surface area contributed by atoms with Crippen LogP contribution in [0.2, 0.25) is 0 Å². The summed E-state index contributed by atoms with van der Waals surface area (Å²) in [5.41, 5.74) is 1.10. The number of carbonyl (C=O) groups is 2. The van der Waals surface area contributed by atoms with Gasteiger partial charge in [0.05, 0.1) is 18.7 Å². The third kappa shape index (κ3) is 4.67. The number of likely N-dealkylation sites (tertiary alicyclic amines) is 1. The minimum Gasteiger partial charge on any atom is -0.463 e. The van der Waals surface area contributed by atoms with E-state index in [1.807, 2.05) is 10.3 Å². The van der Waals surface area contributed by atoms with Gasteiger partial charge < -0.3 is 10.1 Å². The van der Waals surface area contributed by atoms with Crippen molar-refractivity contribution < 1.29 is 18.7 Å². The highest BCUT2D eigenvalue weighted by Gasteiger charge is 2.33. The molecule has 2 atom stereocenters. The number of nitrogens with one attached hydrogen (secondary N) is 1. The second kappa shape index (κ2) is 9.01. The molecule has 0 amide bonds. The van der Waals surface area contributed by atoms with Crippen molar-refractivity contribution in [2.45, 2.75) is 13.1 Å². The van der Waals surface area contributed by atoms with E-state index in [1.165, 1.54) is 17.4 Å². The molecule has 0 spiro atoms. The average Bonchev–Trinajstić information content (AvgIpc) is 3.30. The van der Waals surface area contributed by atoms with E-state index in [0.29, 0.717) is 36.5 Å². The first kappa shape index (κ1) is 19.4. The van der Waals surface area contributed by atoms with E-state index in [9.17, 15) is 14.0 Å². The van der Waals surface area contributed by atoms with Crippen LogP contribution in [0.5, 0.6) is 0 Å². The van der Waals surface area contributed by atoms with Gasteiger partial charge in [0.25, 0.3) is 0 Å². The molecule has 9 heteroatoms. The third-order valence-electron chi connectivity index (χ3n) is 4.37. The number of nitrogens with zero attached hydrogens (tertiary/aromatic N) is 3. The Morgan fingerprint density at radius 1 is 1.52 bits per heavy atom. The first-order valence-electron chi connectivity index (χ1n) is 8.71. The summed E-state index contributed by atoms with van der Waals surface area (Å²) in [5, 5.41) is 5.76. The lowest BCUT2D eigenvalue weighted by Crippen LogP contribution is -2.38. The number of esters is 1. The Morgan fingerprint density at radius 2 is 2.37 bits per heavy atom. The van der Waals surface area contributed by atoms with E-state index in [2.05, 4.69) is 15.3 Å². The van der Waals surface area contributed by atoms with Gasteiger partial charge in [0.2, 0.25) is 0 Å². The fourth-order valence-electron chi connectivity index (χ4n) is 3.11. The maximum atomic E-state index is 14.2. The van der Waals surface area contributed by atoms with Crippen molar-refractivity contribution in [2.24, 2.45) is 10.9 Å². The molecule has 1 N–H and O–H groups in total. The minimum absolute atomic E-state index is 0.192. The number of amidine groups is 1. The molecular formula is C18H21FN4O3S. The normalized spacial score (nSPS) is 23.4. The second-order valence-electron chi connectivity index (χ2n) is 6.20. The van der Waals surface area contributed by atoms with E-state index in [-0.39, 0.29) is 25.6 Å². The van der Waals surface area contributed by atoms with Gasteiger partial charge in [0, 0.05) is 42.8 Å². The Bertz CT molecular complexity index is 776. The van der Waals surface area contributed by atoms with Crippen LogP contribution in [0.1, 0.15) is 11.9 Å². The van der Waals surface area contributed by atoms with Crippen LogP contribution in [-0.2, 0) is 14.3 Å². The summed E-state index contributed by atoms with van der Waals surface area (Å²) in [5.74, 6) is -0.158. The lowest BCUT2D eigenvalue weighted by atomic mass is 10.1. The molecule has 1 fully saturated rings. The number of carbonyl (C=O) groups excluding carboxylic acids is 2. The third-order valence-corrected chi connectivity index (χ3v) is 5.15. The molecule has 1 aromatic heterocycles. The maximum absolute atomic E-state index is 14.2. The fraction of sp³-hybridized carbons (Fsp3) is 0.444. The molecule has 2 aliphatic rings. The number of aliphatic imine (C=N–C) groups is 1. The predicted molar refractivity (Wildman–Crippen MR) is 100 cm³/mol. The van der Waals surface area contributed by atoms with Crippen LogP contribution in [0.4, 0.5) is 4.39 Å². The quantitative estimate of drug-likeness (QED) is 0.428.